The summed E-state index contributed by atoms with van der Waals surface area (Å²) in [4.78, 5) is 2.34. The zero-order valence-electron chi connectivity index (χ0n) is 8.84. The standard InChI is InChI=1S/C12H15BrClN/c1-15(10-5-3-6-10)12-9(8-13)4-2-7-11(12)14/h2,4,7,10H,3,5-6,8H2,1H3. The van der Waals surface area contributed by atoms with E-state index in [4.69, 9.17) is 11.6 Å². The molecule has 2 rings (SSSR count). The summed E-state index contributed by atoms with van der Waals surface area (Å²) in [6, 6.07) is 6.79. The van der Waals surface area contributed by atoms with Crippen molar-refractivity contribution in [2.24, 2.45) is 0 Å². The summed E-state index contributed by atoms with van der Waals surface area (Å²) in [6.07, 6.45) is 3.94. The number of alkyl halides is 1. The SMILES string of the molecule is CN(c1c(Cl)cccc1CBr)C1CCC1. The van der Waals surface area contributed by atoms with Gasteiger partial charge in [-0.3, -0.25) is 0 Å². The molecule has 0 saturated heterocycles. The minimum absolute atomic E-state index is 0.683. The smallest absolute Gasteiger partial charge is 0.0642 e. The first-order valence-electron chi connectivity index (χ1n) is 5.30. The molecule has 0 N–H and O–H groups in total. The van der Waals surface area contributed by atoms with E-state index in [9.17, 15) is 0 Å². The maximum Gasteiger partial charge on any atom is 0.0642 e. The summed E-state index contributed by atoms with van der Waals surface area (Å²) in [5, 5.41) is 1.72. The average molecular weight is 289 g/mol. The van der Waals surface area contributed by atoms with Gasteiger partial charge in [-0.1, -0.05) is 39.7 Å². The van der Waals surface area contributed by atoms with Gasteiger partial charge < -0.3 is 4.90 Å². The van der Waals surface area contributed by atoms with Gasteiger partial charge >= 0.3 is 0 Å². The third kappa shape index (κ3) is 2.16. The van der Waals surface area contributed by atoms with E-state index < -0.39 is 0 Å². The highest BCUT2D eigenvalue weighted by Crippen LogP contribution is 2.36. The predicted molar refractivity (Wildman–Crippen MR) is 70.1 cm³/mol. The van der Waals surface area contributed by atoms with E-state index in [-0.39, 0.29) is 0 Å². The lowest BCUT2D eigenvalue weighted by molar-refractivity contribution is 0.401. The van der Waals surface area contributed by atoms with Crippen LogP contribution in [-0.4, -0.2) is 13.1 Å². The molecule has 0 heterocycles. The van der Waals surface area contributed by atoms with Gasteiger partial charge in [0, 0.05) is 18.4 Å². The fraction of sp³-hybridized carbons (Fsp3) is 0.500. The number of nitrogens with zero attached hydrogens (tertiary/aromatic N) is 1. The van der Waals surface area contributed by atoms with Crippen molar-refractivity contribution in [2.45, 2.75) is 30.6 Å². The van der Waals surface area contributed by atoms with E-state index in [0.717, 1.165) is 10.4 Å². The van der Waals surface area contributed by atoms with Crippen LogP contribution in [0.4, 0.5) is 5.69 Å². The first-order chi connectivity index (χ1) is 7.24. The number of halogens is 2. The van der Waals surface area contributed by atoms with Crippen molar-refractivity contribution in [3.8, 4) is 0 Å². The van der Waals surface area contributed by atoms with E-state index in [1.165, 1.54) is 30.5 Å². The van der Waals surface area contributed by atoms with Gasteiger partial charge in [0.2, 0.25) is 0 Å². The Hall–Kier alpha value is -0.210. The second kappa shape index (κ2) is 4.75. The number of rotatable bonds is 3. The van der Waals surface area contributed by atoms with Crippen LogP contribution in [0.2, 0.25) is 5.02 Å². The van der Waals surface area contributed by atoms with Crippen LogP contribution in [-0.2, 0) is 5.33 Å². The van der Waals surface area contributed by atoms with Crippen molar-refractivity contribution in [2.75, 3.05) is 11.9 Å². The zero-order chi connectivity index (χ0) is 10.8. The third-order valence-electron chi connectivity index (χ3n) is 3.19. The van der Waals surface area contributed by atoms with Gasteiger partial charge in [0.1, 0.15) is 0 Å². The number of anilines is 1. The zero-order valence-corrected chi connectivity index (χ0v) is 11.2. The van der Waals surface area contributed by atoms with Gasteiger partial charge in [-0.2, -0.15) is 0 Å². The van der Waals surface area contributed by atoms with Gasteiger partial charge in [-0.15, -0.1) is 0 Å². The van der Waals surface area contributed by atoms with Crippen molar-refractivity contribution in [1.29, 1.82) is 0 Å². The summed E-state index contributed by atoms with van der Waals surface area (Å²) >= 11 is 9.78. The van der Waals surface area contributed by atoms with Gasteiger partial charge in [0.15, 0.2) is 0 Å². The summed E-state index contributed by atoms with van der Waals surface area (Å²) in [7, 11) is 2.15. The third-order valence-corrected chi connectivity index (χ3v) is 4.10. The van der Waals surface area contributed by atoms with Gasteiger partial charge in [-0.25, -0.2) is 0 Å². The van der Waals surface area contributed by atoms with E-state index in [0.29, 0.717) is 6.04 Å². The quantitative estimate of drug-likeness (QED) is 0.753. The second-order valence-corrected chi connectivity index (χ2v) is 5.04. The van der Waals surface area contributed by atoms with Crippen LogP contribution < -0.4 is 4.90 Å². The highest BCUT2D eigenvalue weighted by molar-refractivity contribution is 9.08. The van der Waals surface area contributed by atoms with Crippen molar-refractivity contribution in [3.05, 3.63) is 28.8 Å². The summed E-state index contributed by atoms with van der Waals surface area (Å²) in [5.74, 6) is 0. The molecule has 0 unspecified atom stereocenters. The number of hydrogen-bond donors (Lipinski definition) is 0. The van der Waals surface area contributed by atoms with E-state index in [1.807, 2.05) is 12.1 Å². The lowest BCUT2D eigenvalue weighted by atomic mass is 9.91. The fourth-order valence-corrected chi connectivity index (χ4v) is 2.80. The predicted octanol–water partition coefficient (Wildman–Crippen LogP) is 4.22. The maximum absolute atomic E-state index is 6.27. The molecule has 0 bridgehead atoms. The Balaban J connectivity index is 2.31. The molecule has 1 aliphatic carbocycles. The lowest BCUT2D eigenvalue weighted by Gasteiger charge is -2.37. The fourth-order valence-electron chi connectivity index (χ4n) is 2.02. The van der Waals surface area contributed by atoms with Crippen molar-refractivity contribution >= 4 is 33.2 Å². The topological polar surface area (TPSA) is 3.24 Å². The molecule has 0 amide bonds. The Morgan fingerprint density at radius 1 is 1.47 bits per heavy atom. The van der Waals surface area contributed by atoms with E-state index >= 15 is 0 Å². The first-order valence-corrected chi connectivity index (χ1v) is 6.80. The maximum atomic E-state index is 6.27. The van der Waals surface area contributed by atoms with Gasteiger partial charge in [-0.05, 0) is 30.9 Å². The van der Waals surface area contributed by atoms with Crippen LogP contribution in [0, 0.1) is 0 Å². The molecule has 1 aromatic carbocycles. The van der Waals surface area contributed by atoms with Crippen LogP contribution in [0.3, 0.4) is 0 Å². The molecule has 1 nitrogen and oxygen atoms in total. The second-order valence-electron chi connectivity index (χ2n) is 4.08. The molecule has 82 valence electrons. The summed E-state index contributed by atoms with van der Waals surface area (Å²) in [6.45, 7) is 0. The monoisotopic (exact) mass is 287 g/mol. The van der Waals surface area contributed by atoms with Crippen molar-refractivity contribution in [3.63, 3.8) is 0 Å². The Morgan fingerprint density at radius 3 is 2.73 bits per heavy atom. The molecule has 0 radical (unpaired) electrons. The van der Waals surface area contributed by atoms with E-state index in [2.05, 4.69) is 33.9 Å². The van der Waals surface area contributed by atoms with Crippen molar-refractivity contribution in [1.82, 2.24) is 0 Å². The Kier molecular flexibility index (Phi) is 3.57. The van der Waals surface area contributed by atoms with E-state index in [1.54, 1.807) is 0 Å². The Morgan fingerprint density at radius 2 is 2.20 bits per heavy atom. The van der Waals surface area contributed by atoms with Crippen molar-refractivity contribution < 1.29 is 0 Å². The minimum atomic E-state index is 0.683. The minimum Gasteiger partial charge on any atom is -0.370 e. The lowest BCUT2D eigenvalue weighted by Crippen LogP contribution is -2.37. The molecule has 15 heavy (non-hydrogen) atoms. The largest absolute Gasteiger partial charge is 0.370 e. The highest BCUT2D eigenvalue weighted by Gasteiger charge is 2.24. The Labute approximate surface area is 105 Å². The Bertz CT molecular complexity index is 349. The van der Waals surface area contributed by atoms with Crippen LogP contribution in [0.1, 0.15) is 24.8 Å². The number of benzene rings is 1. The van der Waals surface area contributed by atoms with Crippen LogP contribution in [0.15, 0.2) is 18.2 Å². The molecule has 1 aliphatic rings. The van der Waals surface area contributed by atoms with Gasteiger partial charge in [0.05, 0.1) is 10.7 Å². The molecule has 0 aliphatic heterocycles. The number of hydrogen-bond acceptors (Lipinski definition) is 1. The molecule has 1 fully saturated rings. The number of para-hydroxylation sites is 1. The van der Waals surface area contributed by atoms with Crippen LogP contribution in [0.5, 0.6) is 0 Å². The normalized spacial score (nSPS) is 16.2. The molecule has 0 spiro atoms. The summed E-state index contributed by atoms with van der Waals surface area (Å²) in [5.41, 5.74) is 2.47. The highest BCUT2D eigenvalue weighted by atomic mass is 79.9. The first kappa shape index (κ1) is 11.3. The average Bonchev–Trinajstić information content (AvgIpc) is 2.14. The van der Waals surface area contributed by atoms with Crippen LogP contribution in [0.25, 0.3) is 0 Å². The molecule has 0 aromatic heterocycles. The molecular formula is C12H15BrClN. The summed E-state index contributed by atoms with van der Waals surface area (Å²) < 4.78 is 0. The molecule has 1 saturated carbocycles. The van der Waals surface area contributed by atoms with Gasteiger partial charge in [0.25, 0.3) is 0 Å². The van der Waals surface area contributed by atoms with Crippen LogP contribution >= 0.6 is 27.5 Å². The molecule has 0 atom stereocenters. The molecule has 3 heteroatoms. The molecular weight excluding hydrogens is 273 g/mol. The molecule has 1 aromatic rings.